The van der Waals surface area contributed by atoms with E-state index in [1.165, 1.54) is 12.1 Å². The van der Waals surface area contributed by atoms with E-state index >= 15 is 0 Å². The van der Waals surface area contributed by atoms with Crippen LogP contribution in [0.5, 0.6) is 0 Å². The first-order chi connectivity index (χ1) is 9.85. The molecule has 2 unspecified atom stereocenters. The number of carboxylic acids is 1. The Hall–Kier alpha value is -0.960. The number of halogens is 1. The monoisotopic (exact) mass is 377 g/mol. The van der Waals surface area contributed by atoms with Crippen molar-refractivity contribution in [2.75, 3.05) is 7.11 Å². The maximum atomic E-state index is 12.5. The van der Waals surface area contributed by atoms with Gasteiger partial charge in [0.2, 0.25) is 10.0 Å². The zero-order chi connectivity index (χ0) is 15.6. The lowest BCUT2D eigenvalue weighted by Gasteiger charge is -2.20. The van der Waals surface area contributed by atoms with Crippen molar-refractivity contribution in [3.05, 3.63) is 28.2 Å². The minimum atomic E-state index is -3.81. The third-order valence-corrected chi connectivity index (χ3v) is 6.01. The molecule has 0 aliphatic heterocycles. The van der Waals surface area contributed by atoms with Gasteiger partial charge in [0.05, 0.1) is 16.6 Å². The summed E-state index contributed by atoms with van der Waals surface area (Å²) in [6.45, 7) is 0. The first kappa shape index (κ1) is 16.4. The van der Waals surface area contributed by atoms with Crippen molar-refractivity contribution >= 4 is 31.9 Å². The number of hydrogen-bond donors (Lipinski definition) is 2. The molecule has 2 atom stereocenters. The van der Waals surface area contributed by atoms with Gasteiger partial charge in [0.15, 0.2) is 0 Å². The highest BCUT2D eigenvalue weighted by atomic mass is 79.9. The fourth-order valence-corrected chi connectivity index (χ4v) is 4.74. The van der Waals surface area contributed by atoms with Crippen LogP contribution in [-0.2, 0) is 14.8 Å². The summed E-state index contributed by atoms with van der Waals surface area (Å²) in [6.07, 6.45) is 2.25. The van der Waals surface area contributed by atoms with Crippen molar-refractivity contribution in [1.29, 1.82) is 0 Å². The van der Waals surface area contributed by atoms with Crippen molar-refractivity contribution in [2.45, 2.75) is 36.3 Å². The number of rotatable bonds is 5. The number of methoxy groups -OCH3 is 1. The molecule has 2 N–H and O–H groups in total. The van der Waals surface area contributed by atoms with Gasteiger partial charge in [0.25, 0.3) is 0 Å². The van der Waals surface area contributed by atoms with Gasteiger partial charge < -0.3 is 9.84 Å². The highest BCUT2D eigenvalue weighted by Gasteiger charge is 2.32. The average Bonchev–Trinajstić information content (AvgIpc) is 2.85. The third kappa shape index (κ3) is 3.63. The molecule has 1 aromatic carbocycles. The second kappa shape index (κ2) is 6.43. The normalized spacial score (nSPS) is 22.4. The smallest absolute Gasteiger partial charge is 0.335 e. The van der Waals surface area contributed by atoms with Crippen LogP contribution in [0.4, 0.5) is 0 Å². The summed E-state index contributed by atoms with van der Waals surface area (Å²) in [6, 6.07) is 3.62. The Morgan fingerprint density at radius 1 is 1.43 bits per heavy atom. The maximum absolute atomic E-state index is 12.5. The summed E-state index contributed by atoms with van der Waals surface area (Å²) >= 11 is 3.15. The highest BCUT2D eigenvalue weighted by Crippen LogP contribution is 2.27. The van der Waals surface area contributed by atoms with E-state index in [9.17, 15) is 13.2 Å². The molecule has 0 bridgehead atoms. The van der Waals surface area contributed by atoms with Crippen LogP contribution in [0.2, 0.25) is 0 Å². The van der Waals surface area contributed by atoms with Crippen molar-refractivity contribution in [3.8, 4) is 0 Å². The summed E-state index contributed by atoms with van der Waals surface area (Å²) in [7, 11) is -2.26. The molecule has 1 aromatic rings. The average molecular weight is 378 g/mol. The molecule has 0 aromatic heterocycles. The Morgan fingerprint density at radius 3 is 2.76 bits per heavy atom. The van der Waals surface area contributed by atoms with Crippen LogP contribution in [0.1, 0.15) is 29.6 Å². The van der Waals surface area contributed by atoms with E-state index in [1.54, 1.807) is 7.11 Å². The molecule has 1 aliphatic carbocycles. The van der Waals surface area contributed by atoms with Crippen molar-refractivity contribution in [2.24, 2.45) is 0 Å². The van der Waals surface area contributed by atoms with Gasteiger partial charge in [-0.25, -0.2) is 17.9 Å². The molecule has 0 amide bonds. The van der Waals surface area contributed by atoms with Crippen LogP contribution in [0.3, 0.4) is 0 Å². The third-order valence-electron chi connectivity index (χ3n) is 3.53. The number of ether oxygens (including phenoxy) is 1. The Morgan fingerprint density at radius 2 is 2.14 bits per heavy atom. The number of benzene rings is 1. The zero-order valence-electron chi connectivity index (χ0n) is 11.4. The number of carboxylic acid groups (broad SMARTS) is 1. The van der Waals surface area contributed by atoms with E-state index in [2.05, 4.69) is 20.7 Å². The van der Waals surface area contributed by atoms with Gasteiger partial charge in [-0.2, -0.15) is 0 Å². The predicted molar refractivity (Wildman–Crippen MR) is 79.9 cm³/mol. The molecule has 21 heavy (non-hydrogen) atoms. The van der Waals surface area contributed by atoms with Crippen LogP contribution in [0.15, 0.2) is 27.6 Å². The van der Waals surface area contributed by atoms with Gasteiger partial charge in [0, 0.05) is 17.6 Å². The molecule has 0 radical (unpaired) electrons. The topological polar surface area (TPSA) is 92.7 Å². The molecule has 0 spiro atoms. The summed E-state index contributed by atoms with van der Waals surface area (Å²) < 4.78 is 33.1. The summed E-state index contributed by atoms with van der Waals surface area (Å²) in [5, 5.41) is 8.98. The van der Waals surface area contributed by atoms with Crippen LogP contribution < -0.4 is 4.72 Å². The number of aromatic carboxylic acids is 1. The van der Waals surface area contributed by atoms with Crippen LogP contribution in [0, 0.1) is 0 Å². The van der Waals surface area contributed by atoms with E-state index < -0.39 is 16.0 Å². The first-order valence-electron chi connectivity index (χ1n) is 6.43. The van der Waals surface area contributed by atoms with Gasteiger partial charge in [-0.05, 0) is 53.4 Å². The van der Waals surface area contributed by atoms with Crippen molar-refractivity contribution in [3.63, 3.8) is 0 Å². The second-order valence-electron chi connectivity index (χ2n) is 4.88. The van der Waals surface area contributed by atoms with Crippen LogP contribution in [0.25, 0.3) is 0 Å². The Kier molecular flexibility index (Phi) is 5.03. The van der Waals surface area contributed by atoms with E-state index in [0.29, 0.717) is 10.9 Å². The number of carbonyl (C=O) groups is 1. The zero-order valence-corrected chi connectivity index (χ0v) is 13.8. The lowest BCUT2D eigenvalue weighted by atomic mass is 10.2. The van der Waals surface area contributed by atoms with Gasteiger partial charge in [-0.1, -0.05) is 0 Å². The molecule has 1 fully saturated rings. The summed E-state index contributed by atoms with van der Waals surface area (Å²) in [5.74, 6) is -1.17. The first-order valence-corrected chi connectivity index (χ1v) is 8.70. The predicted octanol–water partition coefficient (Wildman–Crippen LogP) is 1.99. The van der Waals surface area contributed by atoms with Gasteiger partial charge in [-0.3, -0.25) is 0 Å². The van der Waals surface area contributed by atoms with Crippen LogP contribution >= 0.6 is 15.9 Å². The Bertz CT molecular complexity index is 646. The highest BCUT2D eigenvalue weighted by molar-refractivity contribution is 9.10. The van der Waals surface area contributed by atoms with Gasteiger partial charge in [0.1, 0.15) is 0 Å². The van der Waals surface area contributed by atoms with Crippen LogP contribution in [-0.4, -0.2) is 38.7 Å². The molecular formula is C13H16BrNO5S. The van der Waals surface area contributed by atoms with E-state index in [1.807, 2.05) is 0 Å². The van der Waals surface area contributed by atoms with Crippen molar-refractivity contribution < 1.29 is 23.1 Å². The quantitative estimate of drug-likeness (QED) is 0.818. The SMILES string of the molecule is COC1CCCC1NS(=O)(=O)c1cc(C(=O)O)ccc1Br. The molecule has 1 aliphatic rings. The van der Waals surface area contributed by atoms with E-state index in [0.717, 1.165) is 18.9 Å². The van der Waals surface area contributed by atoms with Gasteiger partial charge in [-0.15, -0.1) is 0 Å². The molecule has 0 heterocycles. The molecule has 1 saturated carbocycles. The summed E-state index contributed by atoms with van der Waals surface area (Å²) in [5.41, 5.74) is -0.0757. The molecule has 2 rings (SSSR count). The lowest BCUT2D eigenvalue weighted by Crippen LogP contribution is -2.40. The number of sulfonamides is 1. The maximum Gasteiger partial charge on any atom is 0.335 e. The Balaban J connectivity index is 2.31. The van der Waals surface area contributed by atoms with E-state index in [4.69, 9.17) is 9.84 Å². The number of hydrogen-bond acceptors (Lipinski definition) is 4. The minimum Gasteiger partial charge on any atom is -0.478 e. The van der Waals surface area contributed by atoms with Crippen molar-refractivity contribution in [1.82, 2.24) is 4.72 Å². The largest absolute Gasteiger partial charge is 0.478 e. The number of nitrogens with one attached hydrogen (secondary N) is 1. The summed E-state index contributed by atoms with van der Waals surface area (Å²) in [4.78, 5) is 10.9. The molecular weight excluding hydrogens is 362 g/mol. The van der Waals surface area contributed by atoms with E-state index in [-0.39, 0.29) is 22.6 Å². The lowest BCUT2D eigenvalue weighted by molar-refractivity contribution is 0.0696. The standard InChI is InChI=1S/C13H16BrNO5S/c1-20-11-4-2-3-10(11)15-21(18,19)12-7-8(13(16)17)5-6-9(12)14/h5-7,10-11,15H,2-4H2,1H3,(H,16,17). The molecule has 0 saturated heterocycles. The molecule has 8 heteroatoms. The Labute approximate surface area is 131 Å². The fourth-order valence-electron chi connectivity index (χ4n) is 2.45. The molecule has 6 nitrogen and oxygen atoms in total. The second-order valence-corrected chi connectivity index (χ2v) is 7.42. The van der Waals surface area contributed by atoms with Gasteiger partial charge >= 0.3 is 5.97 Å². The minimum absolute atomic E-state index is 0.0757. The fraction of sp³-hybridized carbons (Fsp3) is 0.462. The molecule has 116 valence electrons.